The van der Waals surface area contributed by atoms with Crippen molar-refractivity contribution >= 4 is 50.0 Å². The van der Waals surface area contributed by atoms with Crippen LogP contribution >= 0.6 is 38.5 Å². The second kappa shape index (κ2) is 5.18. The quantitative estimate of drug-likeness (QED) is 0.754. The smallest absolute Gasteiger partial charge is 0.266 e. The third kappa shape index (κ3) is 2.68. The molecule has 1 heterocycles. The molecule has 1 aromatic carbocycles. The van der Waals surface area contributed by atoms with E-state index in [1.807, 2.05) is 47.7 Å². The molecule has 88 valence electrons. The van der Waals surface area contributed by atoms with Crippen LogP contribution in [-0.2, 0) is 0 Å². The van der Waals surface area contributed by atoms with Crippen molar-refractivity contribution in [3.63, 3.8) is 0 Å². The monoisotopic (exact) mass is 405 g/mol. The summed E-state index contributed by atoms with van der Waals surface area (Å²) >= 11 is 5.47. The van der Waals surface area contributed by atoms with Crippen LogP contribution in [-0.4, -0.2) is 9.97 Å². The molecular formula is C11H9BrIN3O. The lowest BCUT2D eigenvalue weighted by Gasteiger charge is -2.10. The Morgan fingerprint density at radius 2 is 2.24 bits per heavy atom. The van der Waals surface area contributed by atoms with E-state index in [4.69, 9.17) is 0 Å². The van der Waals surface area contributed by atoms with E-state index >= 15 is 0 Å². The van der Waals surface area contributed by atoms with Crippen molar-refractivity contribution in [3.05, 3.63) is 48.5 Å². The van der Waals surface area contributed by atoms with E-state index in [9.17, 15) is 4.79 Å². The van der Waals surface area contributed by atoms with Gasteiger partial charge in [0.2, 0.25) is 0 Å². The first-order chi connectivity index (χ1) is 8.09. The molecule has 0 saturated heterocycles. The second-order valence-corrected chi connectivity index (χ2v) is 5.33. The summed E-state index contributed by atoms with van der Waals surface area (Å²) in [6.07, 6.45) is 1.39. The minimum Gasteiger partial charge on any atom is -0.338 e. The number of rotatable bonds is 2. The summed E-state index contributed by atoms with van der Waals surface area (Å²) in [5.74, 6) is 0.556. The van der Waals surface area contributed by atoms with Gasteiger partial charge in [-0.1, -0.05) is 12.1 Å². The van der Waals surface area contributed by atoms with Crippen LogP contribution < -0.4 is 10.9 Å². The first-order valence-corrected chi connectivity index (χ1v) is 6.72. The van der Waals surface area contributed by atoms with E-state index in [1.54, 1.807) is 0 Å². The molecule has 0 aliphatic carbocycles. The van der Waals surface area contributed by atoms with Crippen LogP contribution in [0.25, 0.3) is 0 Å². The average molecular weight is 406 g/mol. The number of nitrogens with one attached hydrogen (secondary N) is 2. The minimum absolute atomic E-state index is 0.146. The fourth-order valence-corrected chi connectivity index (χ4v) is 2.13. The lowest BCUT2D eigenvalue weighted by molar-refractivity contribution is 1.10. The molecule has 2 rings (SSSR count). The number of anilines is 2. The maximum Gasteiger partial charge on any atom is 0.266 e. The largest absolute Gasteiger partial charge is 0.338 e. The van der Waals surface area contributed by atoms with Gasteiger partial charge in [0, 0.05) is 4.47 Å². The Balaban J connectivity index is 2.42. The number of aromatic nitrogens is 2. The zero-order valence-electron chi connectivity index (χ0n) is 8.92. The van der Waals surface area contributed by atoms with Crippen LogP contribution in [0, 0.1) is 10.5 Å². The van der Waals surface area contributed by atoms with Gasteiger partial charge >= 0.3 is 0 Å². The Morgan fingerprint density at radius 3 is 3.00 bits per heavy atom. The molecule has 0 radical (unpaired) electrons. The van der Waals surface area contributed by atoms with Crippen LogP contribution in [0.2, 0.25) is 0 Å². The Hall–Kier alpha value is -0.890. The maximum absolute atomic E-state index is 11.4. The molecule has 2 N–H and O–H groups in total. The lowest BCUT2D eigenvalue weighted by atomic mass is 10.2. The molecule has 0 atom stereocenters. The van der Waals surface area contributed by atoms with E-state index in [1.165, 1.54) is 6.33 Å². The van der Waals surface area contributed by atoms with Crippen molar-refractivity contribution in [2.24, 2.45) is 0 Å². The summed E-state index contributed by atoms with van der Waals surface area (Å²) < 4.78 is 1.51. The highest BCUT2D eigenvalue weighted by Crippen LogP contribution is 2.28. The van der Waals surface area contributed by atoms with Crippen LogP contribution in [0.1, 0.15) is 5.56 Å². The van der Waals surface area contributed by atoms with E-state index in [-0.39, 0.29) is 5.56 Å². The third-order valence-electron chi connectivity index (χ3n) is 2.24. The predicted molar refractivity (Wildman–Crippen MR) is 79.7 cm³/mol. The Morgan fingerprint density at radius 1 is 1.47 bits per heavy atom. The number of benzene rings is 1. The summed E-state index contributed by atoms with van der Waals surface area (Å²) in [6.45, 7) is 2.01. The summed E-state index contributed by atoms with van der Waals surface area (Å²) in [5, 5.41) is 3.14. The number of halogens is 2. The molecule has 1 aromatic heterocycles. The summed E-state index contributed by atoms with van der Waals surface area (Å²) in [6, 6.07) is 5.88. The minimum atomic E-state index is -0.146. The summed E-state index contributed by atoms with van der Waals surface area (Å²) in [7, 11) is 0. The molecule has 0 amide bonds. The zero-order valence-corrected chi connectivity index (χ0v) is 12.7. The van der Waals surface area contributed by atoms with Gasteiger partial charge in [0.1, 0.15) is 3.57 Å². The normalized spacial score (nSPS) is 10.3. The third-order valence-corrected chi connectivity index (χ3v) is 4.29. The molecule has 0 aliphatic rings. The van der Waals surface area contributed by atoms with Crippen molar-refractivity contribution < 1.29 is 0 Å². The molecule has 0 aliphatic heterocycles. The molecule has 0 bridgehead atoms. The molecule has 6 heteroatoms. The van der Waals surface area contributed by atoms with Crippen molar-refractivity contribution in [2.75, 3.05) is 5.32 Å². The van der Waals surface area contributed by atoms with Crippen LogP contribution in [0.3, 0.4) is 0 Å². The standard InChI is InChI=1S/C11H9BrIN3O/c1-6-3-2-4-7(8(6)12)16-10-9(13)11(17)15-5-14-10/h2-5H,1H3,(H2,14,15,16,17). The highest BCUT2D eigenvalue weighted by atomic mass is 127. The first kappa shape index (κ1) is 12.6. The summed E-state index contributed by atoms with van der Waals surface area (Å²) in [5.41, 5.74) is 1.86. The van der Waals surface area contributed by atoms with Crippen molar-refractivity contribution in [2.45, 2.75) is 6.92 Å². The highest BCUT2D eigenvalue weighted by Gasteiger charge is 2.08. The van der Waals surface area contributed by atoms with E-state index in [0.717, 1.165) is 15.7 Å². The molecular weight excluding hydrogens is 397 g/mol. The Bertz CT molecular complexity index is 612. The SMILES string of the molecule is Cc1cccc(Nc2nc[nH]c(=O)c2I)c1Br. The van der Waals surface area contributed by atoms with Crippen LogP contribution in [0.4, 0.5) is 11.5 Å². The van der Waals surface area contributed by atoms with Gasteiger partial charge in [-0.25, -0.2) is 4.98 Å². The second-order valence-electron chi connectivity index (χ2n) is 3.46. The number of nitrogens with zero attached hydrogens (tertiary/aromatic N) is 1. The maximum atomic E-state index is 11.4. The van der Waals surface area contributed by atoms with Gasteiger partial charge in [-0.05, 0) is 57.1 Å². The molecule has 17 heavy (non-hydrogen) atoms. The topological polar surface area (TPSA) is 57.8 Å². The van der Waals surface area contributed by atoms with Gasteiger partial charge < -0.3 is 10.3 Å². The molecule has 4 nitrogen and oxygen atoms in total. The number of aromatic amines is 1. The van der Waals surface area contributed by atoms with Gasteiger partial charge in [-0.15, -0.1) is 0 Å². The van der Waals surface area contributed by atoms with Crippen molar-refractivity contribution in [3.8, 4) is 0 Å². The van der Waals surface area contributed by atoms with Gasteiger partial charge in [-0.3, -0.25) is 4.79 Å². The molecule has 0 fully saturated rings. The van der Waals surface area contributed by atoms with Crippen molar-refractivity contribution in [1.29, 1.82) is 0 Å². The fourth-order valence-electron chi connectivity index (χ4n) is 1.34. The van der Waals surface area contributed by atoms with E-state index < -0.39 is 0 Å². The molecule has 2 aromatic rings. The molecule has 0 unspecified atom stereocenters. The number of H-pyrrole nitrogens is 1. The van der Waals surface area contributed by atoms with E-state index in [2.05, 4.69) is 31.2 Å². The van der Waals surface area contributed by atoms with Crippen LogP contribution in [0.5, 0.6) is 0 Å². The fraction of sp³-hybridized carbons (Fsp3) is 0.0909. The van der Waals surface area contributed by atoms with Gasteiger partial charge in [0.05, 0.1) is 12.0 Å². The predicted octanol–water partition coefficient (Wildman–Crippen LogP) is 3.19. The summed E-state index contributed by atoms with van der Waals surface area (Å²) in [4.78, 5) is 18.1. The van der Waals surface area contributed by atoms with E-state index in [0.29, 0.717) is 9.39 Å². The van der Waals surface area contributed by atoms with Gasteiger partial charge in [-0.2, -0.15) is 0 Å². The Labute approximate surface area is 120 Å². The Kier molecular flexibility index (Phi) is 3.82. The first-order valence-electron chi connectivity index (χ1n) is 4.85. The molecule has 0 spiro atoms. The zero-order chi connectivity index (χ0) is 12.4. The lowest BCUT2D eigenvalue weighted by Crippen LogP contribution is -2.13. The molecule has 0 saturated carbocycles. The highest BCUT2D eigenvalue weighted by molar-refractivity contribution is 14.1. The number of hydrogen-bond acceptors (Lipinski definition) is 3. The number of hydrogen-bond donors (Lipinski definition) is 2. The number of aryl methyl sites for hydroxylation is 1. The van der Waals surface area contributed by atoms with Crippen molar-refractivity contribution in [1.82, 2.24) is 9.97 Å². The van der Waals surface area contributed by atoms with Crippen LogP contribution in [0.15, 0.2) is 33.8 Å². The van der Waals surface area contributed by atoms with Gasteiger partial charge in [0.25, 0.3) is 5.56 Å². The average Bonchev–Trinajstić information content (AvgIpc) is 2.31. The van der Waals surface area contributed by atoms with Gasteiger partial charge in [0.15, 0.2) is 5.82 Å².